The van der Waals surface area contributed by atoms with Gasteiger partial charge in [0.2, 0.25) is 0 Å². The largest absolute Gasteiger partial charge is 0.298 e. The number of carbonyl (C=O) groups excluding carboxylic acids is 2. The van der Waals surface area contributed by atoms with Crippen LogP contribution in [0.3, 0.4) is 0 Å². The van der Waals surface area contributed by atoms with E-state index in [9.17, 15) is 9.59 Å². The Labute approximate surface area is 139 Å². The molecule has 2 aromatic rings. The van der Waals surface area contributed by atoms with Crippen LogP contribution in [0.5, 0.6) is 0 Å². The van der Waals surface area contributed by atoms with E-state index in [4.69, 9.17) is 0 Å². The van der Waals surface area contributed by atoms with Gasteiger partial charge < -0.3 is 0 Å². The molecule has 4 nitrogen and oxygen atoms in total. The van der Waals surface area contributed by atoms with Crippen LogP contribution in [0, 0.1) is 5.92 Å². The molecule has 0 radical (unpaired) electrons. The summed E-state index contributed by atoms with van der Waals surface area (Å²) >= 11 is 1.60. The predicted molar refractivity (Wildman–Crippen MR) is 92.9 cm³/mol. The average molecular weight is 326 g/mol. The fraction of sp³-hybridized carbons (Fsp3) is 0.278. The summed E-state index contributed by atoms with van der Waals surface area (Å²) < 4.78 is 0. The summed E-state index contributed by atoms with van der Waals surface area (Å²) in [7, 11) is 0. The van der Waals surface area contributed by atoms with E-state index < -0.39 is 5.92 Å². The first kappa shape index (κ1) is 15.6. The number of aryl methyl sites for hydroxylation is 1. The summed E-state index contributed by atoms with van der Waals surface area (Å²) in [6.45, 7) is 3.82. The van der Waals surface area contributed by atoms with Gasteiger partial charge in [0.1, 0.15) is 5.92 Å². The van der Waals surface area contributed by atoms with E-state index in [0.29, 0.717) is 17.8 Å². The van der Waals surface area contributed by atoms with Crippen molar-refractivity contribution in [1.82, 2.24) is 0 Å². The summed E-state index contributed by atoms with van der Waals surface area (Å²) in [4.78, 5) is 25.3. The van der Waals surface area contributed by atoms with Crippen molar-refractivity contribution in [3.8, 4) is 0 Å². The Morgan fingerprint density at radius 3 is 2.61 bits per heavy atom. The first-order valence-electron chi connectivity index (χ1n) is 7.62. The molecular formula is C18H18N2O2S. The van der Waals surface area contributed by atoms with E-state index in [1.165, 1.54) is 10.6 Å². The van der Waals surface area contributed by atoms with Crippen molar-refractivity contribution in [2.75, 3.05) is 5.01 Å². The third-order valence-electron chi connectivity index (χ3n) is 4.03. The van der Waals surface area contributed by atoms with Gasteiger partial charge in [-0.1, -0.05) is 25.1 Å². The minimum atomic E-state index is -0.764. The van der Waals surface area contributed by atoms with Crippen LogP contribution in [0.25, 0.3) is 0 Å². The molecule has 0 N–H and O–H groups in total. The van der Waals surface area contributed by atoms with Gasteiger partial charge in [0.25, 0.3) is 5.91 Å². The molecule has 2 heterocycles. The standard InChI is InChI=1S/C18H18N2O2S/c1-3-13-10-23-11-14(13)9-16(21)17-12(2)19-20(18(17)22)15-7-5-4-6-8-15/h4-8,10-11,17H,3,9H2,1-2H3. The van der Waals surface area contributed by atoms with Crippen LogP contribution in [0.4, 0.5) is 5.69 Å². The van der Waals surface area contributed by atoms with E-state index in [1.807, 2.05) is 35.7 Å². The molecule has 0 fully saturated rings. The molecule has 3 rings (SSSR count). The highest BCUT2D eigenvalue weighted by Crippen LogP contribution is 2.26. The van der Waals surface area contributed by atoms with E-state index >= 15 is 0 Å². The Kier molecular flexibility index (Phi) is 4.39. The zero-order chi connectivity index (χ0) is 16.4. The molecule has 1 aliphatic heterocycles. The van der Waals surface area contributed by atoms with Gasteiger partial charge in [-0.25, -0.2) is 0 Å². The van der Waals surface area contributed by atoms with Gasteiger partial charge in [-0.2, -0.15) is 21.4 Å². The minimum absolute atomic E-state index is 0.0808. The summed E-state index contributed by atoms with van der Waals surface area (Å²) in [6, 6.07) is 9.21. The Morgan fingerprint density at radius 2 is 1.91 bits per heavy atom. The Bertz CT molecular complexity index is 764. The summed E-state index contributed by atoms with van der Waals surface area (Å²) in [5.41, 5.74) is 3.47. The molecule has 1 aromatic carbocycles. The number of rotatable bonds is 5. The topological polar surface area (TPSA) is 49.7 Å². The van der Waals surface area contributed by atoms with Crippen molar-refractivity contribution in [1.29, 1.82) is 0 Å². The predicted octanol–water partition coefficient (Wildman–Crippen LogP) is 3.46. The van der Waals surface area contributed by atoms with Crippen LogP contribution in [-0.2, 0) is 22.4 Å². The molecule has 1 amide bonds. The number of hydrogen-bond donors (Lipinski definition) is 0. The fourth-order valence-corrected chi connectivity index (χ4v) is 3.74. The zero-order valence-electron chi connectivity index (χ0n) is 13.2. The second-order valence-electron chi connectivity index (χ2n) is 5.58. The second kappa shape index (κ2) is 6.46. The Hall–Kier alpha value is -2.27. The lowest BCUT2D eigenvalue weighted by atomic mass is 9.93. The van der Waals surface area contributed by atoms with Crippen molar-refractivity contribution < 1.29 is 9.59 Å². The van der Waals surface area contributed by atoms with E-state index in [1.54, 1.807) is 18.3 Å². The second-order valence-corrected chi connectivity index (χ2v) is 6.32. The molecule has 118 valence electrons. The van der Waals surface area contributed by atoms with Crippen molar-refractivity contribution in [2.24, 2.45) is 11.0 Å². The van der Waals surface area contributed by atoms with Crippen molar-refractivity contribution in [3.05, 3.63) is 52.2 Å². The number of Topliss-reactive ketones (excluding diaryl/α,β-unsaturated/α-hetero) is 1. The average Bonchev–Trinajstić information content (AvgIpc) is 3.12. The van der Waals surface area contributed by atoms with Gasteiger partial charge in [-0.3, -0.25) is 9.59 Å². The monoisotopic (exact) mass is 326 g/mol. The maximum atomic E-state index is 12.7. The number of thiophene rings is 1. The molecule has 1 unspecified atom stereocenters. The fourth-order valence-electron chi connectivity index (χ4n) is 2.80. The smallest absolute Gasteiger partial charge is 0.263 e. The number of ketones is 1. The van der Waals surface area contributed by atoms with E-state index in [-0.39, 0.29) is 11.7 Å². The SMILES string of the molecule is CCc1cscc1CC(=O)C1C(=O)N(c2ccccc2)N=C1C. The molecule has 23 heavy (non-hydrogen) atoms. The zero-order valence-corrected chi connectivity index (χ0v) is 14.0. The molecule has 0 bridgehead atoms. The highest BCUT2D eigenvalue weighted by atomic mass is 32.1. The number of anilines is 1. The first-order valence-corrected chi connectivity index (χ1v) is 8.57. The number of amides is 1. The summed E-state index contributed by atoms with van der Waals surface area (Å²) in [5, 5.41) is 9.70. The molecule has 0 saturated carbocycles. The highest BCUT2D eigenvalue weighted by molar-refractivity contribution is 7.08. The van der Waals surface area contributed by atoms with Crippen molar-refractivity contribution in [3.63, 3.8) is 0 Å². The Morgan fingerprint density at radius 1 is 1.22 bits per heavy atom. The molecule has 0 spiro atoms. The van der Waals surface area contributed by atoms with Gasteiger partial charge in [0.15, 0.2) is 5.78 Å². The lowest BCUT2D eigenvalue weighted by Gasteiger charge is -2.13. The number of benzene rings is 1. The van der Waals surface area contributed by atoms with Gasteiger partial charge in [-0.15, -0.1) is 0 Å². The van der Waals surface area contributed by atoms with Crippen LogP contribution >= 0.6 is 11.3 Å². The lowest BCUT2D eigenvalue weighted by molar-refractivity contribution is -0.128. The lowest BCUT2D eigenvalue weighted by Crippen LogP contribution is -2.33. The van der Waals surface area contributed by atoms with Crippen LogP contribution in [0.2, 0.25) is 0 Å². The number of carbonyl (C=O) groups is 2. The molecule has 5 heteroatoms. The van der Waals surface area contributed by atoms with Crippen LogP contribution in [0.15, 0.2) is 46.2 Å². The maximum absolute atomic E-state index is 12.7. The molecule has 0 saturated heterocycles. The number of nitrogens with zero attached hydrogens (tertiary/aromatic N) is 2. The van der Waals surface area contributed by atoms with Gasteiger partial charge in [0, 0.05) is 6.42 Å². The quantitative estimate of drug-likeness (QED) is 0.790. The molecular weight excluding hydrogens is 308 g/mol. The molecule has 1 aliphatic rings. The van der Waals surface area contributed by atoms with Gasteiger partial charge >= 0.3 is 0 Å². The summed E-state index contributed by atoms with van der Waals surface area (Å²) in [6.07, 6.45) is 1.19. The van der Waals surface area contributed by atoms with Crippen molar-refractivity contribution >= 4 is 34.4 Å². The minimum Gasteiger partial charge on any atom is -0.298 e. The first-order chi connectivity index (χ1) is 11.1. The number of hydrazone groups is 1. The molecule has 0 aliphatic carbocycles. The normalized spacial score (nSPS) is 17.5. The number of para-hydroxylation sites is 1. The van der Waals surface area contributed by atoms with Crippen molar-refractivity contribution in [2.45, 2.75) is 26.7 Å². The van der Waals surface area contributed by atoms with E-state index in [2.05, 4.69) is 17.4 Å². The van der Waals surface area contributed by atoms with Crippen LogP contribution in [0.1, 0.15) is 25.0 Å². The third-order valence-corrected chi connectivity index (χ3v) is 4.87. The number of hydrogen-bond acceptors (Lipinski definition) is 4. The van der Waals surface area contributed by atoms with Crippen LogP contribution in [-0.4, -0.2) is 17.4 Å². The molecule has 1 aromatic heterocycles. The summed E-state index contributed by atoms with van der Waals surface area (Å²) in [5.74, 6) is -1.10. The third kappa shape index (κ3) is 2.97. The highest BCUT2D eigenvalue weighted by Gasteiger charge is 2.39. The van der Waals surface area contributed by atoms with Gasteiger partial charge in [-0.05, 0) is 47.4 Å². The van der Waals surface area contributed by atoms with Crippen LogP contribution < -0.4 is 5.01 Å². The Balaban J connectivity index is 1.80. The van der Waals surface area contributed by atoms with Gasteiger partial charge in [0.05, 0.1) is 11.4 Å². The molecule has 1 atom stereocenters. The maximum Gasteiger partial charge on any atom is 0.263 e. The van der Waals surface area contributed by atoms with E-state index in [0.717, 1.165) is 12.0 Å².